The molecule has 0 spiro atoms. The number of anilines is 1. The van der Waals surface area contributed by atoms with Crippen molar-refractivity contribution in [3.8, 4) is 5.75 Å². The Morgan fingerprint density at radius 2 is 1.94 bits per heavy atom. The molecule has 1 saturated heterocycles. The van der Waals surface area contributed by atoms with Crippen LogP contribution in [0.1, 0.15) is 35.8 Å². The SMILES string of the molecule is COc1cc(F)ccc1[C@@H]1[C@@H](C(=O)Nc2ccnc(C(N)=O)c2)O[C@](C)(C(F)(F)F)[C@@H]1C. The van der Waals surface area contributed by atoms with E-state index in [4.69, 9.17) is 15.2 Å². The molecular weight excluding hydrogens is 434 g/mol. The summed E-state index contributed by atoms with van der Waals surface area (Å²) in [5, 5.41) is 2.44. The molecule has 0 radical (unpaired) electrons. The minimum absolute atomic E-state index is 0.00500. The molecule has 1 aromatic carbocycles. The number of hydrogen-bond donors (Lipinski definition) is 2. The summed E-state index contributed by atoms with van der Waals surface area (Å²) in [6.07, 6.45) is -5.17. The molecule has 32 heavy (non-hydrogen) atoms. The number of nitrogens with two attached hydrogens (primary N) is 1. The number of carbonyl (C=O) groups excluding carboxylic acids is 2. The van der Waals surface area contributed by atoms with Gasteiger partial charge in [0.25, 0.3) is 11.8 Å². The number of nitrogens with zero attached hydrogens (tertiary/aromatic N) is 1. The second-order valence-corrected chi connectivity index (χ2v) is 7.63. The van der Waals surface area contributed by atoms with E-state index in [9.17, 15) is 27.2 Å². The van der Waals surface area contributed by atoms with Gasteiger partial charge in [0.2, 0.25) is 0 Å². The number of primary amides is 1. The van der Waals surface area contributed by atoms with E-state index in [0.717, 1.165) is 19.1 Å². The maximum atomic E-state index is 13.9. The van der Waals surface area contributed by atoms with Crippen molar-refractivity contribution in [2.75, 3.05) is 12.4 Å². The quantitative estimate of drug-likeness (QED) is 0.673. The molecule has 0 saturated carbocycles. The minimum Gasteiger partial charge on any atom is -0.496 e. The highest BCUT2D eigenvalue weighted by molar-refractivity contribution is 5.97. The molecule has 3 rings (SSSR count). The van der Waals surface area contributed by atoms with E-state index in [1.165, 1.54) is 38.4 Å². The van der Waals surface area contributed by atoms with Crippen molar-refractivity contribution in [1.82, 2.24) is 4.98 Å². The van der Waals surface area contributed by atoms with Crippen LogP contribution in [0.2, 0.25) is 0 Å². The summed E-state index contributed by atoms with van der Waals surface area (Å²) in [6, 6.07) is 5.92. The van der Waals surface area contributed by atoms with Gasteiger partial charge >= 0.3 is 6.18 Å². The number of nitrogens with one attached hydrogen (secondary N) is 1. The van der Waals surface area contributed by atoms with Gasteiger partial charge in [0.15, 0.2) is 5.60 Å². The Morgan fingerprint density at radius 3 is 2.53 bits per heavy atom. The lowest BCUT2D eigenvalue weighted by Gasteiger charge is -2.32. The van der Waals surface area contributed by atoms with Crippen molar-refractivity contribution >= 4 is 17.5 Å². The molecule has 2 aromatic rings. The third-order valence-corrected chi connectivity index (χ3v) is 5.76. The number of aromatic nitrogens is 1. The highest BCUT2D eigenvalue weighted by Gasteiger charge is 2.65. The van der Waals surface area contributed by atoms with Crippen molar-refractivity contribution in [3.05, 3.63) is 53.6 Å². The van der Waals surface area contributed by atoms with Gasteiger partial charge in [0, 0.05) is 35.3 Å². The summed E-state index contributed by atoms with van der Waals surface area (Å²) in [4.78, 5) is 28.1. The van der Waals surface area contributed by atoms with Gasteiger partial charge in [-0.1, -0.05) is 13.0 Å². The normalized spacial score (nSPS) is 25.4. The Balaban J connectivity index is 2.04. The fraction of sp³-hybridized carbons (Fsp3) is 0.381. The summed E-state index contributed by atoms with van der Waals surface area (Å²) in [5.41, 5.74) is 2.67. The Bertz CT molecular complexity index is 1050. The van der Waals surface area contributed by atoms with E-state index in [1.807, 2.05) is 0 Å². The molecule has 1 aliphatic heterocycles. The van der Waals surface area contributed by atoms with Crippen molar-refractivity contribution in [3.63, 3.8) is 0 Å². The number of rotatable bonds is 5. The lowest BCUT2D eigenvalue weighted by atomic mass is 9.77. The summed E-state index contributed by atoms with van der Waals surface area (Å²) in [5.74, 6) is -4.72. The molecule has 3 N–H and O–H groups in total. The van der Waals surface area contributed by atoms with Gasteiger partial charge in [0.05, 0.1) is 7.11 Å². The van der Waals surface area contributed by atoms with E-state index >= 15 is 0 Å². The van der Waals surface area contributed by atoms with Crippen LogP contribution in [0.25, 0.3) is 0 Å². The van der Waals surface area contributed by atoms with Gasteiger partial charge in [0.1, 0.15) is 23.4 Å². The Labute approximate surface area is 180 Å². The summed E-state index contributed by atoms with van der Waals surface area (Å²) >= 11 is 0. The zero-order valence-corrected chi connectivity index (χ0v) is 17.4. The van der Waals surface area contributed by atoms with Crippen molar-refractivity contribution < 1.29 is 36.6 Å². The van der Waals surface area contributed by atoms with Gasteiger partial charge in [-0.2, -0.15) is 13.2 Å². The molecule has 4 atom stereocenters. The molecular formula is C21H21F4N3O4. The zero-order chi connectivity index (χ0) is 23.8. The number of carbonyl (C=O) groups is 2. The van der Waals surface area contributed by atoms with Gasteiger partial charge in [-0.15, -0.1) is 0 Å². The maximum absolute atomic E-state index is 13.9. The number of ether oxygens (including phenoxy) is 2. The highest BCUT2D eigenvalue weighted by Crippen LogP contribution is 2.54. The predicted molar refractivity (Wildman–Crippen MR) is 106 cm³/mol. The first-order valence-corrected chi connectivity index (χ1v) is 9.53. The number of halogens is 4. The maximum Gasteiger partial charge on any atom is 0.417 e. The molecule has 2 amide bonds. The van der Waals surface area contributed by atoms with E-state index < -0.39 is 47.3 Å². The largest absolute Gasteiger partial charge is 0.496 e. The van der Waals surface area contributed by atoms with Gasteiger partial charge < -0.3 is 20.5 Å². The molecule has 7 nitrogen and oxygen atoms in total. The zero-order valence-electron chi connectivity index (χ0n) is 17.4. The molecule has 0 bridgehead atoms. The van der Waals surface area contributed by atoms with Crippen LogP contribution < -0.4 is 15.8 Å². The van der Waals surface area contributed by atoms with Crippen LogP contribution in [0.5, 0.6) is 5.75 Å². The third-order valence-electron chi connectivity index (χ3n) is 5.76. The average molecular weight is 455 g/mol. The van der Waals surface area contributed by atoms with Crippen LogP contribution in [0.4, 0.5) is 23.2 Å². The lowest BCUT2D eigenvalue weighted by molar-refractivity contribution is -0.272. The van der Waals surface area contributed by atoms with Crippen LogP contribution in [0, 0.1) is 11.7 Å². The Kier molecular flexibility index (Phi) is 6.14. The smallest absolute Gasteiger partial charge is 0.417 e. The summed E-state index contributed by atoms with van der Waals surface area (Å²) in [7, 11) is 1.25. The van der Waals surface area contributed by atoms with Crippen LogP contribution in [-0.2, 0) is 9.53 Å². The average Bonchev–Trinajstić information content (AvgIpc) is 3.00. The first kappa shape index (κ1) is 23.5. The first-order chi connectivity index (χ1) is 14.9. The standard InChI is InChI=1S/C21H21F4N3O4/c1-10-16(13-5-4-11(22)8-15(13)31-3)17(32-20(10,2)21(23,24)25)19(30)28-12-6-7-27-14(9-12)18(26)29/h4-10,16-17H,1-3H3,(H2,26,29)(H,27,28,30)/t10-,16-,17+,20+/m1/s1. The number of alkyl halides is 3. The fourth-order valence-corrected chi connectivity index (χ4v) is 3.84. The van der Waals surface area contributed by atoms with E-state index in [1.54, 1.807) is 0 Å². The van der Waals surface area contributed by atoms with Crippen LogP contribution >= 0.6 is 0 Å². The second kappa shape index (κ2) is 8.38. The Morgan fingerprint density at radius 1 is 1.25 bits per heavy atom. The topological polar surface area (TPSA) is 104 Å². The Hall–Kier alpha value is -3.21. The number of hydrogen-bond acceptors (Lipinski definition) is 5. The van der Waals surface area contributed by atoms with E-state index in [0.29, 0.717) is 0 Å². The van der Waals surface area contributed by atoms with Gasteiger partial charge in [-0.3, -0.25) is 14.6 Å². The van der Waals surface area contributed by atoms with E-state index in [-0.39, 0.29) is 22.7 Å². The van der Waals surface area contributed by atoms with Crippen molar-refractivity contribution in [2.45, 2.75) is 37.6 Å². The first-order valence-electron chi connectivity index (χ1n) is 9.53. The molecule has 2 heterocycles. The second-order valence-electron chi connectivity index (χ2n) is 7.63. The fourth-order valence-electron chi connectivity index (χ4n) is 3.84. The molecule has 0 aliphatic carbocycles. The number of pyridine rings is 1. The molecule has 1 aromatic heterocycles. The minimum atomic E-state index is -4.79. The summed E-state index contributed by atoms with van der Waals surface area (Å²) < 4.78 is 66.0. The molecule has 1 aliphatic rings. The number of amides is 2. The van der Waals surface area contributed by atoms with Crippen LogP contribution in [-0.4, -0.2) is 41.8 Å². The summed E-state index contributed by atoms with van der Waals surface area (Å²) in [6.45, 7) is 2.18. The van der Waals surface area contributed by atoms with Gasteiger partial charge in [-0.25, -0.2) is 4.39 Å². The number of methoxy groups -OCH3 is 1. The van der Waals surface area contributed by atoms with Crippen molar-refractivity contribution in [1.29, 1.82) is 0 Å². The number of benzene rings is 1. The van der Waals surface area contributed by atoms with Crippen LogP contribution in [0.15, 0.2) is 36.5 Å². The molecule has 172 valence electrons. The monoisotopic (exact) mass is 455 g/mol. The molecule has 0 unspecified atom stereocenters. The molecule has 1 fully saturated rings. The van der Waals surface area contributed by atoms with Crippen LogP contribution in [0.3, 0.4) is 0 Å². The predicted octanol–water partition coefficient (Wildman–Crippen LogP) is 3.41. The molecule has 11 heteroatoms. The van der Waals surface area contributed by atoms with E-state index in [2.05, 4.69) is 10.3 Å². The van der Waals surface area contributed by atoms with Gasteiger partial charge in [-0.05, 0) is 25.1 Å². The lowest BCUT2D eigenvalue weighted by Crippen LogP contribution is -2.47. The third kappa shape index (κ3) is 4.12. The highest BCUT2D eigenvalue weighted by atomic mass is 19.4. The van der Waals surface area contributed by atoms with Crippen molar-refractivity contribution in [2.24, 2.45) is 11.7 Å².